The number of hydrogen-bond acceptors (Lipinski definition) is 4. The van der Waals surface area contributed by atoms with E-state index in [0.29, 0.717) is 11.4 Å². The molecule has 0 aliphatic carbocycles. The lowest BCUT2D eigenvalue weighted by atomic mass is 10.3. The molecule has 0 atom stereocenters. The lowest BCUT2D eigenvalue weighted by Crippen LogP contribution is -1.94. The molecule has 3 aromatic rings. The van der Waals surface area contributed by atoms with Crippen LogP contribution >= 0.6 is 11.3 Å². The van der Waals surface area contributed by atoms with E-state index in [1.54, 1.807) is 5.38 Å². The second-order valence-electron chi connectivity index (χ2n) is 4.11. The van der Waals surface area contributed by atoms with Crippen molar-refractivity contribution in [1.82, 2.24) is 9.55 Å². The minimum absolute atomic E-state index is 0.0745. The monoisotopic (exact) mass is 294 g/mol. The van der Waals surface area contributed by atoms with Crippen molar-refractivity contribution in [3.8, 4) is 11.4 Å². The zero-order valence-corrected chi connectivity index (χ0v) is 11.6. The molecule has 19 heavy (non-hydrogen) atoms. The van der Waals surface area contributed by atoms with Gasteiger partial charge < -0.3 is 4.57 Å². The summed E-state index contributed by atoms with van der Waals surface area (Å²) in [6.07, 6.45) is 0. The molecule has 0 bridgehead atoms. The SMILES string of the molecule is Cn1c(-c2csc(S(=O)(=O)O)c2)nc2ccccc21. The van der Waals surface area contributed by atoms with Crippen LogP contribution in [0, 0.1) is 0 Å². The Morgan fingerprint density at radius 1 is 1.32 bits per heavy atom. The summed E-state index contributed by atoms with van der Waals surface area (Å²) in [5.41, 5.74) is 2.49. The third kappa shape index (κ3) is 2.05. The number of nitrogens with zero attached hydrogens (tertiary/aromatic N) is 2. The quantitative estimate of drug-likeness (QED) is 0.737. The van der Waals surface area contributed by atoms with Gasteiger partial charge >= 0.3 is 10.1 Å². The molecule has 1 N–H and O–H groups in total. The van der Waals surface area contributed by atoms with Crippen molar-refractivity contribution in [3.05, 3.63) is 35.7 Å². The fourth-order valence-electron chi connectivity index (χ4n) is 1.97. The van der Waals surface area contributed by atoms with E-state index in [2.05, 4.69) is 4.98 Å². The van der Waals surface area contributed by atoms with Gasteiger partial charge in [-0.25, -0.2) is 4.98 Å². The first-order chi connectivity index (χ1) is 8.97. The summed E-state index contributed by atoms with van der Waals surface area (Å²) in [4.78, 5) is 4.47. The summed E-state index contributed by atoms with van der Waals surface area (Å²) in [7, 11) is -2.28. The Hall–Kier alpha value is -1.70. The fraction of sp³-hybridized carbons (Fsp3) is 0.0833. The molecule has 0 saturated carbocycles. The molecule has 2 aromatic heterocycles. The number of aromatic nitrogens is 2. The van der Waals surface area contributed by atoms with Gasteiger partial charge in [0.2, 0.25) is 0 Å². The van der Waals surface area contributed by atoms with Crippen LogP contribution in [0.4, 0.5) is 0 Å². The number of fused-ring (bicyclic) bond motifs is 1. The molecule has 0 spiro atoms. The molecule has 2 heterocycles. The van der Waals surface area contributed by atoms with Gasteiger partial charge in [0.15, 0.2) is 0 Å². The van der Waals surface area contributed by atoms with Crippen LogP contribution in [-0.2, 0) is 17.2 Å². The number of benzene rings is 1. The van der Waals surface area contributed by atoms with Crippen LogP contribution in [-0.4, -0.2) is 22.5 Å². The summed E-state index contributed by atoms with van der Waals surface area (Å²) >= 11 is 0.979. The first-order valence-corrected chi connectivity index (χ1v) is 7.76. The highest BCUT2D eigenvalue weighted by molar-refractivity contribution is 7.88. The van der Waals surface area contributed by atoms with Crippen LogP contribution in [0.1, 0.15) is 0 Å². The molecule has 0 amide bonds. The molecule has 0 radical (unpaired) electrons. The van der Waals surface area contributed by atoms with Gasteiger partial charge in [-0.2, -0.15) is 8.42 Å². The van der Waals surface area contributed by atoms with Crippen LogP contribution in [0.25, 0.3) is 22.4 Å². The molecule has 1 aromatic carbocycles. The van der Waals surface area contributed by atoms with Gasteiger partial charge in [0.1, 0.15) is 10.0 Å². The molecule has 5 nitrogen and oxygen atoms in total. The maximum atomic E-state index is 11.1. The maximum absolute atomic E-state index is 11.1. The van der Waals surface area contributed by atoms with E-state index in [1.807, 2.05) is 35.9 Å². The number of rotatable bonds is 2. The lowest BCUT2D eigenvalue weighted by Gasteiger charge is -1.98. The second-order valence-corrected chi connectivity index (χ2v) is 6.67. The Kier molecular flexibility index (Phi) is 2.70. The lowest BCUT2D eigenvalue weighted by molar-refractivity contribution is 0.485. The summed E-state index contributed by atoms with van der Waals surface area (Å²) in [6.45, 7) is 0. The van der Waals surface area contributed by atoms with E-state index in [-0.39, 0.29) is 4.21 Å². The Labute approximate surface area is 113 Å². The van der Waals surface area contributed by atoms with Gasteiger partial charge in [-0.1, -0.05) is 12.1 Å². The molecule has 0 unspecified atom stereocenters. The molecule has 0 aliphatic heterocycles. The molecule has 0 saturated heterocycles. The van der Waals surface area contributed by atoms with Crippen LogP contribution in [0.3, 0.4) is 0 Å². The molecule has 0 fully saturated rings. The highest BCUT2D eigenvalue weighted by atomic mass is 32.3. The van der Waals surface area contributed by atoms with Gasteiger partial charge in [-0.05, 0) is 18.2 Å². The number of imidazole rings is 1. The maximum Gasteiger partial charge on any atom is 0.304 e. The van der Waals surface area contributed by atoms with Crippen molar-refractivity contribution >= 4 is 32.5 Å². The molecular formula is C12H10N2O3S2. The average Bonchev–Trinajstić information content (AvgIpc) is 2.94. The van der Waals surface area contributed by atoms with Crippen molar-refractivity contribution in [2.24, 2.45) is 7.05 Å². The number of aryl methyl sites for hydroxylation is 1. The summed E-state index contributed by atoms with van der Waals surface area (Å²) in [5, 5.41) is 1.67. The Balaban J connectivity index is 2.20. The van der Waals surface area contributed by atoms with Crippen molar-refractivity contribution in [1.29, 1.82) is 0 Å². The van der Waals surface area contributed by atoms with Crippen molar-refractivity contribution in [2.75, 3.05) is 0 Å². The van der Waals surface area contributed by atoms with Crippen LogP contribution in [0.5, 0.6) is 0 Å². The van der Waals surface area contributed by atoms with E-state index in [4.69, 9.17) is 4.55 Å². The Morgan fingerprint density at radius 3 is 2.68 bits per heavy atom. The standard InChI is InChI=1S/C12H10N2O3S2/c1-14-10-5-3-2-4-9(10)13-12(14)8-6-11(18-7-8)19(15,16)17/h2-7H,1H3,(H,15,16,17). The van der Waals surface area contributed by atoms with E-state index >= 15 is 0 Å². The Morgan fingerprint density at radius 2 is 2.05 bits per heavy atom. The summed E-state index contributed by atoms with van der Waals surface area (Å²) in [6, 6.07) is 9.10. The number of thiophene rings is 1. The van der Waals surface area contributed by atoms with E-state index in [1.165, 1.54) is 6.07 Å². The molecule has 3 rings (SSSR count). The van der Waals surface area contributed by atoms with Crippen molar-refractivity contribution in [2.45, 2.75) is 4.21 Å². The summed E-state index contributed by atoms with van der Waals surface area (Å²) in [5.74, 6) is 0.673. The normalized spacial score (nSPS) is 12.1. The number of para-hydroxylation sites is 2. The second kappa shape index (κ2) is 4.16. The highest BCUT2D eigenvalue weighted by Crippen LogP contribution is 2.29. The zero-order chi connectivity index (χ0) is 13.6. The average molecular weight is 294 g/mol. The van der Waals surface area contributed by atoms with Gasteiger partial charge in [-0.15, -0.1) is 11.3 Å². The third-order valence-electron chi connectivity index (χ3n) is 2.87. The van der Waals surface area contributed by atoms with E-state index in [9.17, 15) is 8.42 Å². The number of hydrogen-bond donors (Lipinski definition) is 1. The minimum atomic E-state index is -4.15. The summed E-state index contributed by atoms with van der Waals surface area (Å²) < 4.78 is 33.0. The van der Waals surface area contributed by atoms with Crippen LogP contribution in [0.15, 0.2) is 39.9 Å². The molecule has 0 aliphatic rings. The topological polar surface area (TPSA) is 72.2 Å². The largest absolute Gasteiger partial charge is 0.327 e. The van der Waals surface area contributed by atoms with Crippen LogP contribution in [0.2, 0.25) is 0 Å². The van der Waals surface area contributed by atoms with E-state index < -0.39 is 10.1 Å². The van der Waals surface area contributed by atoms with Crippen LogP contribution < -0.4 is 0 Å². The molecule has 98 valence electrons. The van der Waals surface area contributed by atoms with Gasteiger partial charge in [-0.3, -0.25) is 4.55 Å². The van der Waals surface area contributed by atoms with Gasteiger partial charge in [0, 0.05) is 18.0 Å². The predicted octanol–water partition coefficient (Wildman–Crippen LogP) is 2.55. The molecule has 7 heteroatoms. The van der Waals surface area contributed by atoms with Gasteiger partial charge in [0.25, 0.3) is 0 Å². The van der Waals surface area contributed by atoms with Crippen molar-refractivity contribution in [3.63, 3.8) is 0 Å². The van der Waals surface area contributed by atoms with Crippen molar-refractivity contribution < 1.29 is 13.0 Å². The Bertz CT molecular complexity index is 862. The first-order valence-electron chi connectivity index (χ1n) is 5.44. The smallest absolute Gasteiger partial charge is 0.304 e. The predicted molar refractivity (Wildman–Crippen MR) is 73.8 cm³/mol. The fourth-order valence-corrected chi connectivity index (χ4v) is 3.49. The first kappa shape index (κ1) is 12.3. The highest BCUT2D eigenvalue weighted by Gasteiger charge is 2.16. The minimum Gasteiger partial charge on any atom is -0.327 e. The molecular weight excluding hydrogens is 284 g/mol. The third-order valence-corrected chi connectivity index (χ3v) is 5.14. The van der Waals surface area contributed by atoms with E-state index in [0.717, 1.165) is 22.4 Å². The zero-order valence-electron chi connectivity index (χ0n) is 9.94. The van der Waals surface area contributed by atoms with Gasteiger partial charge in [0.05, 0.1) is 11.0 Å².